The Hall–Kier alpha value is -7.96. The first-order valence-electron chi connectivity index (χ1n) is 23.9. The molecule has 2 aliphatic heterocycles. The zero-order chi connectivity index (χ0) is 45.8. The fraction of sp³-hybridized carbons (Fsp3) is 0.129. The predicted octanol–water partition coefficient (Wildman–Crippen LogP) is 14.3. The van der Waals surface area contributed by atoms with Crippen molar-refractivity contribution in [1.82, 2.24) is 13.7 Å². The highest BCUT2D eigenvalue weighted by molar-refractivity contribution is 6.98. The van der Waals surface area contributed by atoms with E-state index in [2.05, 4.69) is 237 Å². The molecule has 0 atom stereocenters. The van der Waals surface area contributed by atoms with Gasteiger partial charge >= 0.3 is 0 Å². The van der Waals surface area contributed by atoms with Gasteiger partial charge in [-0.2, -0.15) is 0 Å². The highest BCUT2D eigenvalue weighted by atomic mass is 16.5. The number of hydrogen-bond acceptors (Lipinski definition) is 2. The molecular formula is C62H48BN3O2. The Bertz CT molecular complexity index is 3950. The summed E-state index contributed by atoms with van der Waals surface area (Å²) >= 11 is 0. The fourth-order valence-corrected chi connectivity index (χ4v) is 11.7. The first kappa shape index (κ1) is 39.2. The lowest BCUT2D eigenvalue weighted by Gasteiger charge is -2.35. The summed E-state index contributed by atoms with van der Waals surface area (Å²) in [6.07, 6.45) is 0. The minimum atomic E-state index is -0.0685. The van der Waals surface area contributed by atoms with Gasteiger partial charge in [-0.25, -0.2) is 0 Å². The molecule has 2 aliphatic rings. The largest absolute Gasteiger partial charge is 0.458 e. The second-order valence-electron chi connectivity index (χ2n) is 20.9. The van der Waals surface area contributed by atoms with E-state index in [1.54, 1.807) is 0 Å². The number of fused-ring (bicyclic) bond motifs is 16. The summed E-state index contributed by atoms with van der Waals surface area (Å²) in [5.41, 5.74) is 16.1. The number of hydrogen-bond donors (Lipinski definition) is 0. The summed E-state index contributed by atoms with van der Waals surface area (Å²) < 4.78 is 21.8. The fourth-order valence-electron chi connectivity index (χ4n) is 11.7. The van der Waals surface area contributed by atoms with Crippen LogP contribution in [0.25, 0.3) is 82.5 Å². The molecule has 0 radical (unpaired) electrons. The third-order valence-electron chi connectivity index (χ3n) is 14.8. The molecule has 0 unspecified atom stereocenters. The van der Waals surface area contributed by atoms with Gasteiger partial charge in [0.2, 0.25) is 0 Å². The minimum Gasteiger partial charge on any atom is -0.458 e. The second-order valence-corrected chi connectivity index (χ2v) is 20.9. The van der Waals surface area contributed by atoms with Gasteiger partial charge in [-0.1, -0.05) is 157 Å². The van der Waals surface area contributed by atoms with Gasteiger partial charge < -0.3 is 23.2 Å². The highest BCUT2D eigenvalue weighted by Crippen LogP contribution is 2.51. The van der Waals surface area contributed by atoms with Crippen LogP contribution in [0.5, 0.6) is 23.0 Å². The van der Waals surface area contributed by atoms with Crippen LogP contribution in [0.4, 0.5) is 0 Å². The van der Waals surface area contributed by atoms with Gasteiger partial charge in [0.15, 0.2) is 0 Å². The molecule has 0 saturated heterocycles. The maximum Gasteiger partial charge on any atom is 0.260 e. The summed E-state index contributed by atoms with van der Waals surface area (Å²) in [5, 5.41) is 7.20. The van der Waals surface area contributed by atoms with Crippen LogP contribution < -0.4 is 25.9 Å². The predicted molar refractivity (Wildman–Crippen MR) is 285 cm³/mol. The van der Waals surface area contributed by atoms with Crippen molar-refractivity contribution < 1.29 is 9.47 Å². The van der Waals surface area contributed by atoms with Gasteiger partial charge in [0.25, 0.3) is 6.71 Å². The van der Waals surface area contributed by atoms with Crippen molar-refractivity contribution in [2.24, 2.45) is 0 Å². The van der Waals surface area contributed by atoms with Crippen LogP contribution in [0, 0.1) is 0 Å². The molecule has 68 heavy (non-hydrogen) atoms. The lowest BCUT2D eigenvalue weighted by molar-refractivity contribution is 0.463. The Morgan fingerprint density at radius 2 is 0.706 bits per heavy atom. The second kappa shape index (κ2) is 13.8. The summed E-state index contributed by atoms with van der Waals surface area (Å²) in [7, 11) is 0. The first-order chi connectivity index (χ1) is 33.0. The molecule has 14 rings (SSSR count). The Morgan fingerprint density at radius 1 is 0.353 bits per heavy atom. The molecular weight excluding hydrogens is 830 g/mol. The molecule has 9 aromatic carbocycles. The van der Waals surface area contributed by atoms with E-state index in [9.17, 15) is 0 Å². The topological polar surface area (TPSA) is 33.2 Å². The Morgan fingerprint density at radius 3 is 1.09 bits per heavy atom. The third kappa shape index (κ3) is 5.40. The van der Waals surface area contributed by atoms with Crippen molar-refractivity contribution in [1.29, 1.82) is 0 Å². The van der Waals surface area contributed by atoms with E-state index in [0.717, 1.165) is 67.6 Å². The average Bonchev–Trinajstić information content (AvgIpc) is 3.99. The number of ether oxygens (including phenoxy) is 2. The van der Waals surface area contributed by atoms with E-state index in [0.29, 0.717) is 0 Å². The lowest BCUT2D eigenvalue weighted by Crippen LogP contribution is -2.57. The van der Waals surface area contributed by atoms with Gasteiger partial charge in [0, 0.05) is 61.3 Å². The van der Waals surface area contributed by atoms with Crippen LogP contribution in [0.3, 0.4) is 0 Å². The monoisotopic (exact) mass is 877 g/mol. The Kier molecular flexibility index (Phi) is 7.96. The summed E-state index contributed by atoms with van der Waals surface area (Å²) in [6, 6.07) is 66.7. The van der Waals surface area contributed by atoms with Crippen LogP contribution in [0.1, 0.15) is 52.7 Å². The van der Waals surface area contributed by atoms with Crippen LogP contribution in [0.2, 0.25) is 0 Å². The van der Waals surface area contributed by atoms with Crippen molar-refractivity contribution >= 4 is 88.5 Å². The maximum atomic E-state index is 7.17. The molecule has 0 saturated carbocycles. The van der Waals surface area contributed by atoms with Gasteiger partial charge in [-0.15, -0.1) is 0 Å². The van der Waals surface area contributed by atoms with Gasteiger partial charge in [0.05, 0.1) is 38.8 Å². The molecule has 6 heteroatoms. The van der Waals surface area contributed by atoms with Crippen molar-refractivity contribution in [2.75, 3.05) is 0 Å². The quantitative estimate of drug-likeness (QED) is 0.166. The lowest BCUT2D eigenvalue weighted by atomic mass is 9.34. The van der Waals surface area contributed by atoms with Crippen LogP contribution in [-0.2, 0) is 10.8 Å². The Balaban J connectivity index is 1.16. The summed E-state index contributed by atoms with van der Waals surface area (Å²) in [6.45, 7) is 13.6. The number of para-hydroxylation sites is 5. The zero-order valence-corrected chi connectivity index (χ0v) is 39.1. The zero-order valence-electron chi connectivity index (χ0n) is 39.1. The van der Waals surface area contributed by atoms with Crippen molar-refractivity contribution in [2.45, 2.75) is 52.4 Å². The molecule has 326 valence electrons. The molecule has 0 N–H and O–H groups in total. The van der Waals surface area contributed by atoms with Crippen LogP contribution >= 0.6 is 0 Å². The van der Waals surface area contributed by atoms with Crippen molar-refractivity contribution in [3.8, 4) is 40.1 Å². The van der Waals surface area contributed by atoms with Crippen LogP contribution in [0.15, 0.2) is 182 Å². The molecule has 5 nitrogen and oxygen atoms in total. The molecule has 0 spiro atoms. The number of benzene rings is 9. The van der Waals surface area contributed by atoms with E-state index in [1.807, 2.05) is 0 Å². The van der Waals surface area contributed by atoms with E-state index >= 15 is 0 Å². The molecule has 3 aromatic heterocycles. The normalized spacial score (nSPS) is 13.4. The number of nitrogens with zero attached hydrogens (tertiary/aromatic N) is 3. The first-order valence-corrected chi connectivity index (χ1v) is 23.9. The van der Waals surface area contributed by atoms with E-state index in [-0.39, 0.29) is 17.5 Å². The molecule has 0 amide bonds. The smallest absolute Gasteiger partial charge is 0.260 e. The summed E-state index contributed by atoms with van der Waals surface area (Å²) in [4.78, 5) is 0. The average molecular weight is 878 g/mol. The SMILES string of the molecule is CC(C)(C)c1ccc2c(c1)B1c3cc(C(C)(C)C)ccc3Oc3cc(-n4c5ccccc5c5c6c(c7ccccc7n6-c6ccccc6)c6c(c7ccccc7n6-c6ccccc6)c54)cc(c31)O2. The third-order valence-corrected chi connectivity index (χ3v) is 14.8. The van der Waals surface area contributed by atoms with Crippen molar-refractivity contribution in [3.05, 3.63) is 193 Å². The standard InChI is InChI=1S/C62H48BN3O2/c1-61(2,3)37-29-31-50-45(33-37)63-46-34-38(62(4,5)6)30-32-51(46)68-53-36-41(35-52(67-50)57(53)63)66-49-28-18-15-25-44(49)56-59-54(42-23-13-16-26-47(42)64(59)39-19-9-7-10-20-39)58-55(60(56)66)43-24-14-17-27-48(43)65(58)40-21-11-8-12-22-40/h7-36H,1-6H3. The number of rotatable bonds is 3. The maximum absolute atomic E-state index is 7.17. The van der Waals surface area contributed by atoms with E-state index in [1.165, 1.54) is 65.4 Å². The molecule has 0 bridgehead atoms. The van der Waals surface area contributed by atoms with E-state index < -0.39 is 0 Å². The van der Waals surface area contributed by atoms with Gasteiger partial charge in [-0.05, 0) is 87.5 Å². The summed E-state index contributed by atoms with van der Waals surface area (Å²) in [5.74, 6) is 3.41. The molecule has 5 heterocycles. The molecule has 0 fully saturated rings. The van der Waals surface area contributed by atoms with E-state index in [4.69, 9.17) is 9.47 Å². The van der Waals surface area contributed by atoms with Crippen LogP contribution in [-0.4, -0.2) is 20.4 Å². The van der Waals surface area contributed by atoms with Gasteiger partial charge in [-0.3, -0.25) is 0 Å². The van der Waals surface area contributed by atoms with Crippen molar-refractivity contribution in [3.63, 3.8) is 0 Å². The molecule has 0 aliphatic carbocycles. The van der Waals surface area contributed by atoms with Gasteiger partial charge in [0.1, 0.15) is 23.0 Å². The highest BCUT2D eigenvalue weighted by Gasteiger charge is 2.42. The molecule has 12 aromatic rings. The minimum absolute atomic E-state index is 0.0353. The Labute approximate surface area is 395 Å². The number of aromatic nitrogens is 3.